The van der Waals surface area contributed by atoms with Gasteiger partial charge < -0.3 is 39.1 Å². The number of aliphatic imine (C=N–C) groups is 1. The Balaban J connectivity index is 0.831. The number of fused-ring (bicyclic) bond motifs is 4. The van der Waals surface area contributed by atoms with Gasteiger partial charge in [0, 0.05) is 48.7 Å². The van der Waals surface area contributed by atoms with E-state index >= 15 is 0 Å². The average Bonchev–Trinajstić information content (AvgIpc) is 3.53. The number of nitrogens with one attached hydrogen (secondary N) is 2. The summed E-state index contributed by atoms with van der Waals surface area (Å²) in [5, 5.41) is 6.59. The molecule has 11 rings (SSSR count). The number of benzene rings is 1. The molecule has 16 atom stereocenters. The second-order valence-electron chi connectivity index (χ2n) is 18.1. The fourth-order valence-electron chi connectivity index (χ4n) is 11.6. The maximum absolute atomic E-state index is 14.2. The van der Waals surface area contributed by atoms with E-state index in [4.69, 9.17) is 53.0 Å². The molecule has 2 spiro atoms. The molecule has 8 aliphatic heterocycles. The van der Waals surface area contributed by atoms with Crippen molar-refractivity contribution in [2.75, 3.05) is 31.6 Å². The molecule has 2 unspecified atom stereocenters. The molecule has 1 aromatic rings. The van der Waals surface area contributed by atoms with Crippen LogP contribution in [0.25, 0.3) is 0 Å². The van der Waals surface area contributed by atoms with Gasteiger partial charge in [-0.1, -0.05) is 33.8 Å². The molecule has 2 saturated carbocycles. The summed E-state index contributed by atoms with van der Waals surface area (Å²) in [6, 6.07) is 6.30. The normalized spacial score (nSPS) is 48.7. The number of guanidine groups is 1. The van der Waals surface area contributed by atoms with Gasteiger partial charge in [-0.3, -0.25) is 4.99 Å². The van der Waals surface area contributed by atoms with Crippen molar-refractivity contribution in [1.29, 1.82) is 0 Å². The second-order valence-corrected chi connectivity index (χ2v) is 18.1. The predicted molar refractivity (Wildman–Crippen MR) is 196 cm³/mol. The van der Waals surface area contributed by atoms with E-state index in [2.05, 4.69) is 38.3 Å². The van der Waals surface area contributed by atoms with Crippen molar-refractivity contribution in [3.05, 3.63) is 30.1 Å². The Bertz CT molecular complexity index is 1590. The summed E-state index contributed by atoms with van der Waals surface area (Å²) in [7, 11) is 0. The molecule has 14 heteroatoms. The topological polar surface area (TPSA) is 129 Å². The van der Waals surface area contributed by atoms with E-state index < -0.39 is 47.9 Å². The van der Waals surface area contributed by atoms with Gasteiger partial charge in [0.15, 0.2) is 42.3 Å². The first-order valence-corrected chi connectivity index (χ1v) is 20.9. The molecule has 1 aromatic carbocycles. The molecule has 0 amide bonds. The van der Waals surface area contributed by atoms with Crippen molar-refractivity contribution in [1.82, 2.24) is 5.32 Å². The van der Waals surface area contributed by atoms with Gasteiger partial charge in [0.05, 0.1) is 19.8 Å². The fourth-order valence-corrected chi connectivity index (χ4v) is 11.6. The fraction of sp³-hybridized carbons (Fsp3) is 0.829. The van der Waals surface area contributed by atoms with Crippen LogP contribution in [0.2, 0.25) is 0 Å². The Morgan fingerprint density at radius 1 is 0.745 bits per heavy atom. The first-order valence-electron chi connectivity index (χ1n) is 20.9. The smallest absolute Gasteiger partial charge is 0.201 e. The molecule has 10 aliphatic rings. The maximum Gasteiger partial charge on any atom is 0.201 e. The lowest BCUT2D eigenvalue weighted by atomic mass is 9.58. The number of hydrogen-bond donors (Lipinski definition) is 2. The van der Waals surface area contributed by atoms with E-state index in [-0.39, 0.29) is 29.5 Å². The van der Waals surface area contributed by atoms with Crippen molar-refractivity contribution in [2.45, 2.75) is 141 Å². The summed E-state index contributed by atoms with van der Waals surface area (Å²) in [6.45, 7) is 14.2. The van der Waals surface area contributed by atoms with Gasteiger partial charge in [0.2, 0.25) is 11.6 Å². The third-order valence-corrected chi connectivity index (χ3v) is 14.6. The van der Waals surface area contributed by atoms with Crippen molar-refractivity contribution < 1.29 is 52.4 Å². The zero-order chi connectivity index (χ0) is 38.2. The summed E-state index contributed by atoms with van der Waals surface area (Å²) in [5.74, 6) is 0.506. The van der Waals surface area contributed by atoms with Crippen LogP contribution < -0.4 is 10.6 Å². The average molecular weight is 774 g/mol. The lowest BCUT2D eigenvalue weighted by Gasteiger charge is -2.60. The van der Waals surface area contributed by atoms with Gasteiger partial charge in [-0.25, -0.2) is 23.9 Å². The van der Waals surface area contributed by atoms with E-state index in [0.29, 0.717) is 61.6 Å². The highest BCUT2D eigenvalue weighted by molar-refractivity contribution is 5.93. The monoisotopic (exact) mass is 773 g/mol. The number of nitrogens with zero attached hydrogens (tertiary/aromatic N) is 1. The van der Waals surface area contributed by atoms with Crippen LogP contribution in [0.1, 0.15) is 92.9 Å². The number of anilines is 1. The van der Waals surface area contributed by atoms with Crippen molar-refractivity contribution >= 4 is 11.6 Å². The van der Waals surface area contributed by atoms with Gasteiger partial charge in [-0.05, 0) is 94.2 Å². The molecule has 2 N–H and O–H groups in total. The molecular weight excluding hydrogens is 713 g/mol. The highest BCUT2D eigenvalue weighted by atomic mass is 19.1. The van der Waals surface area contributed by atoms with E-state index in [9.17, 15) is 4.39 Å². The maximum atomic E-state index is 14.2. The lowest BCUT2D eigenvalue weighted by molar-refractivity contribution is -0.577. The van der Waals surface area contributed by atoms with Crippen molar-refractivity contribution in [3.8, 4) is 0 Å². The molecule has 306 valence electrons. The van der Waals surface area contributed by atoms with Gasteiger partial charge >= 0.3 is 0 Å². The standard InChI is InChI=1S/C41H60FN3O10/c1-23-10-12-31-25(3)33(48-35-40(31)29(23)14-16-38(5,50-35)52-54-40)46-20-18-43-37(45-28-9-7-8-27(42)22-28)44-19-21-47-34-26(4)32-13-11-24(2)30-15-17-39(6)51-36(49-34)41(30,32)55-53-39/h7-9,22-26,29-36H,10-21H2,1-6H3,(H2,43,44,45)/t23-,24+,25-,26+,29+,30-,31+,32-,33?,34?,35+,36-,38-,39+,40-,41+. The number of rotatable bonds is 9. The third-order valence-electron chi connectivity index (χ3n) is 14.6. The van der Waals surface area contributed by atoms with Crippen molar-refractivity contribution in [3.63, 3.8) is 0 Å². The summed E-state index contributed by atoms with van der Waals surface area (Å²) in [5.41, 5.74) is -0.697. The van der Waals surface area contributed by atoms with E-state index in [1.54, 1.807) is 12.1 Å². The molecule has 2 aliphatic carbocycles. The molecule has 0 aromatic heterocycles. The molecular formula is C41H60FN3O10. The summed E-state index contributed by atoms with van der Waals surface area (Å²) >= 11 is 0. The van der Waals surface area contributed by atoms with E-state index in [1.165, 1.54) is 12.1 Å². The van der Waals surface area contributed by atoms with Gasteiger partial charge in [-0.2, -0.15) is 0 Å². The number of hydrogen-bond acceptors (Lipinski definition) is 11. The highest BCUT2D eigenvalue weighted by Crippen LogP contribution is 2.62. The Hall–Kier alpha value is -1.98. The Morgan fingerprint density at radius 3 is 1.87 bits per heavy atom. The number of halogens is 1. The highest BCUT2D eigenvalue weighted by Gasteiger charge is 2.71. The second kappa shape index (κ2) is 14.7. The van der Waals surface area contributed by atoms with Crippen LogP contribution in [0.15, 0.2) is 29.3 Å². The minimum atomic E-state index is -0.842. The minimum absolute atomic E-state index is 0.0627. The van der Waals surface area contributed by atoms with E-state index in [0.717, 1.165) is 51.4 Å². The Labute approximate surface area is 323 Å². The first-order chi connectivity index (χ1) is 26.4. The van der Waals surface area contributed by atoms with Crippen LogP contribution in [-0.2, 0) is 48.0 Å². The minimum Gasteiger partial charge on any atom is -0.354 e. The molecule has 13 nitrogen and oxygen atoms in total. The summed E-state index contributed by atoms with van der Waals surface area (Å²) in [6.07, 6.45) is 5.64. The molecule has 10 fully saturated rings. The zero-order valence-electron chi connectivity index (χ0n) is 33.1. The van der Waals surface area contributed by atoms with Crippen LogP contribution >= 0.6 is 0 Å². The van der Waals surface area contributed by atoms with Crippen LogP contribution in [0, 0.1) is 53.2 Å². The zero-order valence-corrected chi connectivity index (χ0v) is 33.1. The third kappa shape index (κ3) is 6.64. The van der Waals surface area contributed by atoms with Crippen LogP contribution in [0.5, 0.6) is 0 Å². The largest absolute Gasteiger partial charge is 0.354 e. The quantitative estimate of drug-likeness (QED) is 0.121. The van der Waals surface area contributed by atoms with Crippen LogP contribution in [0.3, 0.4) is 0 Å². The van der Waals surface area contributed by atoms with Gasteiger partial charge in [-0.15, -0.1) is 0 Å². The SMILES string of the molecule is C[C@@H]1CC[C@H]2[C@@H](C)C(OCCN=C(NCCOC3O[C@@H]4O[C@]5(C)CC[C@@H]6[C@@H](C)CC[C@H]([C@@H]3C)[C@]46OO5)Nc3cccc(F)c3)O[C@H]3O[C@@]4(C)CC[C@@H]1[C@]32OO4. The van der Waals surface area contributed by atoms with Gasteiger partial charge in [0.25, 0.3) is 0 Å². The van der Waals surface area contributed by atoms with Crippen molar-refractivity contribution in [2.24, 2.45) is 52.3 Å². The van der Waals surface area contributed by atoms with Crippen LogP contribution in [-0.4, -0.2) is 80.2 Å². The first kappa shape index (κ1) is 38.5. The van der Waals surface area contributed by atoms with Crippen LogP contribution in [0.4, 0.5) is 10.1 Å². The Morgan fingerprint density at radius 2 is 1.31 bits per heavy atom. The summed E-state index contributed by atoms with van der Waals surface area (Å²) in [4.78, 5) is 29.3. The lowest BCUT2D eigenvalue weighted by Crippen LogP contribution is -2.70. The van der Waals surface area contributed by atoms with Gasteiger partial charge in [0.1, 0.15) is 5.82 Å². The molecule has 4 bridgehead atoms. The predicted octanol–water partition coefficient (Wildman–Crippen LogP) is 6.63. The molecule has 8 saturated heterocycles. The van der Waals surface area contributed by atoms with E-state index in [1.807, 2.05) is 13.8 Å². The molecule has 8 heterocycles. The Kier molecular flexibility index (Phi) is 10.3. The molecule has 55 heavy (non-hydrogen) atoms. The number of ether oxygens (including phenoxy) is 6. The molecule has 0 radical (unpaired) electrons. The summed E-state index contributed by atoms with van der Waals surface area (Å²) < 4.78 is 53.1.